The van der Waals surface area contributed by atoms with Gasteiger partial charge in [-0.3, -0.25) is 4.90 Å². The maximum absolute atomic E-state index is 3.35. The van der Waals surface area contributed by atoms with Crippen LogP contribution < -0.4 is 5.32 Å². The minimum atomic E-state index is 0.483. The Balaban J connectivity index is 2.82. The van der Waals surface area contributed by atoms with E-state index in [9.17, 15) is 0 Å². The fourth-order valence-corrected chi connectivity index (χ4v) is 2.68. The van der Waals surface area contributed by atoms with Crippen molar-refractivity contribution in [1.29, 1.82) is 0 Å². The van der Waals surface area contributed by atoms with Crippen LogP contribution in [0.1, 0.15) is 45.2 Å². The lowest BCUT2D eigenvalue weighted by molar-refractivity contribution is 0.169. The monoisotopic (exact) mass is 262 g/mol. The Morgan fingerprint density at radius 3 is 2.16 bits per heavy atom. The topological polar surface area (TPSA) is 15.3 Å². The molecule has 1 aromatic carbocycles. The smallest absolute Gasteiger partial charge is 0.0472 e. The summed E-state index contributed by atoms with van der Waals surface area (Å²) in [4.78, 5) is 2.61. The maximum Gasteiger partial charge on any atom is 0.0472 e. The van der Waals surface area contributed by atoms with Crippen molar-refractivity contribution in [3.05, 3.63) is 35.9 Å². The molecule has 0 spiro atoms. The molecule has 0 fully saturated rings. The molecule has 2 nitrogen and oxygen atoms in total. The summed E-state index contributed by atoms with van der Waals surface area (Å²) in [7, 11) is 2.04. The van der Waals surface area contributed by atoms with Gasteiger partial charge in [0.15, 0.2) is 0 Å². The molecule has 1 rings (SSSR count). The summed E-state index contributed by atoms with van der Waals surface area (Å²) in [6.07, 6.45) is 2.54. The zero-order valence-corrected chi connectivity index (χ0v) is 13.0. The first-order valence-electron chi connectivity index (χ1n) is 7.70. The van der Waals surface area contributed by atoms with E-state index < -0.39 is 0 Å². The van der Waals surface area contributed by atoms with Gasteiger partial charge < -0.3 is 5.32 Å². The predicted octanol–water partition coefficient (Wildman–Crippen LogP) is 3.71. The molecule has 0 aliphatic carbocycles. The molecule has 19 heavy (non-hydrogen) atoms. The van der Waals surface area contributed by atoms with Gasteiger partial charge in [0.25, 0.3) is 0 Å². The van der Waals surface area contributed by atoms with Gasteiger partial charge in [-0.1, -0.05) is 63.9 Å². The highest BCUT2D eigenvalue weighted by atomic mass is 15.2. The summed E-state index contributed by atoms with van der Waals surface area (Å²) < 4.78 is 0. The molecule has 0 aliphatic rings. The molecule has 1 atom stereocenters. The van der Waals surface area contributed by atoms with Crippen LogP contribution in [-0.4, -0.2) is 31.6 Å². The third-order valence-corrected chi connectivity index (χ3v) is 4.08. The average molecular weight is 262 g/mol. The van der Waals surface area contributed by atoms with Gasteiger partial charge in [0.1, 0.15) is 0 Å². The van der Waals surface area contributed by atoms with E-state index in [2.05, 4.69) is 61.3 Å². The first-order chi connectivity index (χ1) is 9.26. The zero-order chi connectivity index (χ0) is 14.1. The molecule has 2 heteroatoms. The van der Waals surface area contributed by atoms with Crippen LogP contribution in [0.2, 0.25) is 0 Å². The van der Waals surface area contributed by atoms with E-state index in [1.54, 1.807) is 0 Å². The molecular formula is C17H30N2. The highest BCUT2D eigenvalue weighted by Gasteiger charge is 2.20. The van der Waals surface area contributed by atoms with Crippen LogP contribution in [0, 0.1) is 5.92 Å². The lowest BCUT2D eigenvalue weighted by atomic mass is 9.99. The number of likely N-dealkylation sites (N-methyl/N-ethyl adjacent to an activating group) is 2. The maximum atomic E-state index is 3.35. The van der Waals surface area contributed by atoms with Gasteiger partial charge in [-0.2, -0.15) is 0 Å². The summed E-state index contributed by atoms with van der Waals surface area (Å²) in [5.74, 6) is 0.808. The fourth-order valence-electron chi connectivity index (χ4n) is 2.68. The number of hydrogen-bond donors (Lipinski definition) is 1. The Kier molecular flexibility index (Phi) is 7.76. The van der Waals surface area contributed by atoms with Crippen LogP contribution in [0.3, 0.4) is 0 Å². The Morgan fingerprint density at radius 1 is 1.05 bits per heavy atom. The van der Waals surface area contributed by atoms with Crippen molar-refractivity contribution in [2.24, 2.45) is 5.92 Å². The third-order valence-electron chi connectivity index (χ3n) is 4.08. The summed E-state index contributed by atoms with van der Waals surface area (Å²) in [5, 5.41) is 3.35. The van der Waals surface area contributed by atoms with Crippen LogP contribution in [0.25, 0.3) is 0 Å². The minimum absolute atomic E-state index is 0.483. The lowest BCUT2D eigenvalue weighted by Crippen LogP contribution is -2.37. The molecule has 0 bridgehead atoms. The second-order valence-corrected chi connectivity index (χ2v) is 5.25. The minimum Gasteiger partial charge on any atom is -0.318 e. The molecule has 1 N–H and O–H groups in total. The van der Waals surface area contributed by atoms with Crippen molar-refractivity contribution in [1.82, 2.24) is 10.2 Å². The van der Waals surface area contributed by atoms with Crippen molar-refractivity contribution < 1.29 is 0 Å². The molecule has 1 aromatic rings. The molecule has 0 saturated heterocycles. The average Bonchev–Trinajstić information content (AvgIpc) is 2.48. The number of hydrogen-bond acceptors (Lipinski definition) is 2. The van der Waals surface area contributed by atoms with E-state index in [1.807, 2.05) is 7.05 Å². The van der Waals surface area contributed by atoms with Crippen molar-refractivity contribution in [3.8, 4) is 0 Å². The molecule has 1 unspecified atom stereocenters. The quantitative estimate of drug-likeness (QED) is 0.730. The lowest BCUT2D eigenvalue weighted by Gasteiger charge is -2.33. The van der Waals surface area contributed by atoms with E-state index in [1.165, 1.54) is 24.9 Å². The number of rotatable bonds is 9. The summed E-state index contributed by atoms with van der Waals surface area (Å²) >= 11 is 0. The molecular weight excluding hydrogens is 232 g/mol. The number of nitrogens with zero attached hydrogens (tertiary/aromatic N) is 1. The van der Waals surface area contributed by atoms with Gasteiger partial charge in [0.05, 0.1) is 0 Å². The van der Waals surface area contributed by atoms with Crippen LogP contribution in [-0.2, 0) is 0 Å². The summed E-state index contributed by atoms with van der Waals surface area (Å²) in [6.45, 7) is 10.2. The van der Waals surface area contributed by atoms with Crippen molar-refractivity contribution in [2.45, 2.75) is 39.7 Å². The fraction of sp³-hybridized carbons (Fsp3) is 0.647. The zero-order valence-electron chi connectivity index (χ0n) is 13.0. The van der Waals surface area contributed by atoms with Crippen molar-refractivity contribution in [2.75, 3.05) is 26.7 Å². The van der Waals surface area contributed by atoms with Crippen molar-refractivity contribution in [3.63, 3.8) is 0 Å². The SMILES string of the molecule is CCC(CC)CN(CC)C(CNC)c1ccccc1. The Labute approximate surface area is 119 Å². The van der Waals surface area contributed by atoms with E-state index in [-0.39, 0.29) is 0 Å². The normalized spacial score (nSPS) is 13.2. The van der Waals surface area contributed by atoms with Gasteiger partial charge in [0.2, 0.25) is 0 Å². The van der Waals surface area contributed by atoms with Crippen LogP contribution >= 0.6 is 0 Å². The summed E-state index contributed by atoms with van der Waals surface area (Å²) in [5.41, 5.74) is 1.42. The Hall–Kier alpha value is -0.860. The third kappa shape index (κ3) is 4.96. The van der Waals surface area contributed by atoms with E-state index in [0.29, 0.717) is 6.04 Å². The first-order valence-corrected chi connectivity index (χ1v) is 7.70. The Morgan fingerprint density at radius 2 is 1.68 bits per heavy atom. The Bertz CT molecular complexity index is 319. The van der Waals surface area contributed by atoms with Gasteiger partial charge in [-0.05, 0) is 25.1 Å². The van der Waals surface area contributed by atoms with Crippen LogP contribution in [0.15, 0.2) is 30.3 Å². The standard InChI is InChI=1S/C17H30N2/c1-5-15(6-2)14-19(7-3)17(13-18-4)16-11-9-8-10-12-16/h8-12,15,17-18H,5-7,13-14H2,1-4H3. The molecule has 0 heterocycles. The molecule has 0 aliphatic heterocycles. The van der Waals surface area contributed by atoms with E-state index >= 15 is 0 Å². The largest absolute Gasteiger partial charge is 0.318 e. The first kappa shape index (κ1) is 16.2. The van der Waals surface area contributed by atoms with Crippen molar-refractivity contribution >= 4 is 0 Å². The highest BCUT2D eigenvalue weighted by molar-refractivity contribution is 5.19. The van der Waals surface area contributed by atoms with Gasteiger partial charge in [0, 0.05) is 19.1 Å². The highest BCUT2D eigenvalue weighted by Crippen LogP contribution is 2.22. The molecule has 0 saturated carbocycles. The van der Waals surface area contributed by atoms with Gasteiger partial charge in [-0.15, -0.1) is 0 Å². The van der Waals surface area contributed by atoms with Crippen LogP contribution in [0.5, 0.6) is 0 Å². The van der Waals surface area contributed by atoms with Gasteiger partial charge >= 0.3 is 0 Å². The summed E-state index contributed by atoms with van der Waals surface area (Å²) in [6, 6.07) is 11.4. The van der Waals surface area contributed by atoms with E-state index in [4.69, 9.17) is 0 Å². The molecule has 0 amide bonds. The number of benzene rings is 1. The molecule has 0 aromatic heterocycles. The molecule has 0 radical (unpaired) electrons. The second-order valence-electron chi connectivity index (χ2n) is 5.25. The second kappa shape index (κ2) is 9.11. The molecule has 108 valence electrons. The van der Waals surface area contributed by atoms with E-state index in [0.717, 1.165) is 19.0 Å². The number of nitrogens with one attached hydrogen (secondary N) is 1. The van der Waals surface area contributed by atoms with Crippen LogP contribution in [0.4, 0.5) is 0 Å². The predicted molar refractivity (Wildman–Crippen MR) is 84.4 cm³/mol. The van der Waals surface area contributed by atoms with Gasteiger partial charge in [-0.25, -0.2) is 0 Å².